The minimum atomic E-state index is -3.09. The van der Waals surface area contributed by atoms with Crippen molar-refractivity contribution in [1.82, 2.24) is 19.3 Å². The maximum absolute atomic E-state index is 11.5. The molecule has 1 saturated heterocycles. The second kappa shape index (κ2) is 5.79. The summed E-state index contributed by atoms with van der Waals surface area (Å²) in [6, 6.07) is 0.0108. The molecule has 0 saturated carbocycles. The van der Waals surface area contributed by atoms with Gasteiger partial charge in [0.05, 0.1) is 12.3 Å². The quantitative estimate of drug-likeness (QED) is 0.819. The van der Waals surface area contributed by atoms with Crippen LogP contribution in [0.1, 0.15) is 44.4 Å². The molecule has 0 aromatic carbocycles. The first-order chi connectivity index (χ1) is 9.29. The first kappa shape index (κ1) is 15.4. The number of hydrogen-bond donors (Lipinski definition) is 0. The lowest BCUT2D eigenvalue weighted by Crippen LogP contribution is -2.48. The largest absolute Gasteiger partial charge is 0.338 e. The Kier molecular flexibility index (Phi) is 4.46. The van der Waals surface area contributed by atoms with Gasteiger partial charge in [0.25, 0.3) is 0 Å². The summed E-state index contributed by atoms with van der Waals surface area (Å²) in [7, 11) is -3.09. The number of aromatic nitrogens is 2. The van der Waals surface area contributed by atoms with Crippen LogP contribution in [0.15, 0.2) is 4.52 Å². The summed E-state index contributed by atoms with van der Waals surface area (Å²) in [6.45, 7) is 8.41. The predicted octanol–water partition coefficient (Wildman–Crippen LogP) is 0.831. The topological polar surface area (TPSA) is 79.5 Å². The van der Waals surface area contributed by atoms with Crippen molar-refractivity contribution in [3.8, 4) is 0 Å². The molecule has 20 heavy (non-hydrogen) atoms. The standard InChI is InChI=1S/C12H22N4O3S/c1-9(2)11-13-12(19-14-11)10(3)15-5-7-16(8-6-15)20(4,17)18/h9-10H,5-8H2,1-4H3/t10-/m0/s1. The monoisotopic (exact) mass is 302 g/mol. The molecule has 7 nitrogen and oxygen atoms in total. The molecule has 0 spiro atoms. The van der Waals surface area contributed by atoms with Crippen LogP contribution in [-0.2, 0) is 10.0 Å². The van der Waals surface area contributed by atoms with Gasteiger partial charge >= 0.3 is 0 Å². The number of rotatable bonds is 4. The van der Waals surface area contributed by atoms with Gasteiger partial charge in [-0.15, -0.1) is 0 Å². The lowest BCUT2D eigenvalue weighted by atomic mass is 10.2. The van der Waals surface area contributed by atoms with Gasteiger partial charge in [-0.25, -0.2) is 8.42 Å². The van der Waals surface area contributed by atoms with Gasteiger partial charge in [0.2, 0.25) is 15.9 Å². The van der Waals surface area contributed by atoms with Crippen LogP contribution in [0.5, 0.6) is 0 Å². The van der Waals surface area contributed by atoms with E-state index in [1.807, 2.05) is 20.8 Å². The summed E-state index contributed by atoms with van der Waals surface area (Å²) in [6.07, 6.45) is 1.25. The molecule has 114 valence electrons. The Labute approximate surface area is 120 Å². The summed E-state index contributed by atoms with van der Waals surface area (Å²) in [4.78, 5) is 6.57. The smallest absolute Gasteiger partial charge is 0.243 e. The van der Waals surface area contributed by atoms with Crippen molar-refractivity contribution in [2.75, 3.05) is 32.4 Å². The van der Waals surface area contributed by atoms with Crippen LogP contribution in [0.3, 0.4) is 0 Å². The van der Waals surface area contributed by atoms with Gasteiger partial charge in [0.1, 0.15) is 0 Å². The van der Waals surface area contributed by atoms with Crippen LogP contribution >= 0.6 is 0 Å². The molecule has 8 heteroatoms. The van der Waals surface area contributed by atoms with E-state index in [-0.39, 0.29) is 12.0 Å². The van der Waals surface area contributed by atoms with Crippen molar-refractivity contribution in [2.24, 2.45) is 0 Å². The maximum atomic E-state index is 11.5. The summed E-state index contributed by atoms with van der Waals surface area (Å²) < 4.78 is 29.8. The average Bonchev–Trinajstić information content (AvgIpc) is 2.86. The Morgan fingerprint density at radius 3 is 2.20 bits per heavy atom. The minimum Gasteiger partial charge on any atom is -0.338 e. The Hall–Kier alpha value is -0.990. The van der Waals surface area contributed by atoms with E-state index in [9.17, 15) is 8.42 Å². The number of piperazine rings is 1. The first-order valence-electron chi connectivity index (χ1n) is 6.81. The van der Waals surface area contributed by atoms with E-state index in [1.54, 1.807) is 0 Å². The fraction of sp³-hybridized carbons (Fsp3) is 0.833. The molecular formula is C12H22N4O3S. The highest BCUT2D eigenvalue weighted by molar-refractivity contribution is 7.88. The molecule has 0 bridgehead atoms. The molecule has 1 aliphatic rings. The van der Waals surface area contributed by atoms with Crippen LogP contribution in [0.2, 0.25) is 0 Å². The molecule has 0 aliphatic carbocycles. The van der Waals surface area contributed by atoms with Crippen molar-refractivity contribution >= 4 is 10.0 Å². The second-order valence-corrected chi connectivity index (χ2v) is 7.50. The molecule has 2 heterocycles. The van der Waals surface area contributed by atoms with Gasteiger partial charge < -0.3 is 4.52 Å². The summed E-state index contributed by atoms with van der Waals surface area (Å²) in [5, 5.41) is 3.97. The van der Waals surface area contributed by atoms with Crippen molar-refractivity contribution in [2.45, 2.75) is 32.7 Å². The second-order valence-electron chi connectivity index (χ2n) is 5.52. The Bertz CT molecular complexity index is 547. The van der Waals surface area contributed by atoms with E-state index in [1.165, 1.54) is 10.6 Å². The third-order valence-electron chi connectivity index (χ3n) is 3.62. The van der Waals surface area contributed by atoms with E-state index in [4.69, 9.17) is 4.52 Å². The van der Waals surface area contributed by atoms with E-state index in [0.717, 1.165) is 0 Å². The Balaban J connectivity index is 1.99. The first-order valence-corrected chi connectivity index (χ1v) is 8.66. The van der Waals surface area contributed by atoms with Gasteiger partial charge in [-0.05, 0) is 6.92 Å². The Morgan fingerprint density at radius 1 is 1.15 bits per heavy atom. The van der Waals surface area contributed by atoms with Crippen LogP contribution in [0, 0.1) is 0 Å². The highest BCUT2D eigenvalue weighted by atomic mass is 32.2. The SMILES string of the molecule is CC(C)c1noc([C@H](C)N2CCN(S(C)(=O)=O)CC2)n1. The zero-order chi connectivity index (χ0) is 14.9. The Morgan fingerprint density at radius 2 is 1.75 bits per heavy atom. The molecule has 1 atom stereocenters. The summed E-state index contributed by atoms with van der Waals surface area (Å²) in [5.41, 5.74) is 0. The summed E-state index contributed by atoms with van der Waals surface area (Å²) in [5.74, 6) is 1.55. The van der Waals surface area contributed by atoms with Crippen molar-refractivity contribution in [3.05, 3.63) is 11.7 Å². The molecule has 0 radical (unpaired) electrons. The lowest BCUT2D eigenvalue weighted by molar-refractivity contribution is 0.124. The van der Waals surface area contributed by atoms with E-state index >= 15 is 0 Å². The maximum Gasteiger partial charge on any atom is 0.243 e. The molecule has 2 rings (SSSR count). The van der Waals surface area contributed by atoms with Crippen LogP contribution in [0.4, 0.5) is 0 Å². The fourth-order valence-electron chi connectivity index (χ4n) is 2.23. The van der Waals surface area contributed by atoms with E-state index in [2.05, 4.69) is 15.0 Å². The molecule has 1 aromatic heterocycles. The number of nitrogens with zero attached hydrogens (tertiary/aromatic N) is 4. The van der Waals surface area contributed by atoms with Crippen LogP contribution in [-0.4, -0.2) is 60.2 Å². The zero-order valence-corrected chi connectivity index (χ0v) is 13.2. The highest BCUT2D eigenvalue weighted by Gasteiger charge is 2.29. The van der Waals surface area contributed by atoms with Gasteiger partial charge in [-0.1, -0.05) is 19.0 Å². The van der Waals surface area contributed by atoms with Crippen LogP contribution < -0.4 is 0 Å². The van der Waals surface area contributed by atoms with Gasteiger partial charge in [0.15, 0.2) is 5.82 Å². The molecule has 1 fully saturated rings. The average molecular weight is 302 g/mol. The van der Waals surface area contributed by atoms with Gasteiger partial charge in [0, 0.05) is 32.1 Å². The number of sulfonamides is 1. The normalized spacial score (nSPS) is 20.4. The predicted molar refractivity (Wildman–Crippen MR) is 74.8 cm³/mol. The zero-order valence-electron chi connectivity index (χ0n) is 12.4. The number of hydrogen-bond acceptors (Lipinski definition) is 6. The van der Waals surface area contributed by atoms with Crippen molar-refractivity contribution < 1.29 is 12.9 Å². The van der Waals surface area contributed by atoms with Crippen molar-refractivity contribution in [3.63, 3.8) is 0 Å². The lowest BCUT2D eigenvalue weighted by Gasteiger charge is -2.35. The van der Waals surface area contributed by atoms with Gasteiger partial charge in [-0.3, -0.25) is 4.90 Å². The molecule has 1 aromatic rings. The van der Waals surface area contributed by atoms with Crippen molar-refractivity contribution in [1.29, 1.82) is 0 Å². The molecule has 0 unspecified atom stereocenters. The molecule has 0 amide bonds. The molecule has 0 N–H and O–H groups in total. The fourth-order valence-corrected chi connectivity index (χ4v) is 3.06. The molecular weight excluding hydrogens is 280 g/mol. The molecule has 1 aliphatic heterocycles. The third kappa shape index (κ3) is 3.36. The van der Waals surface area contributed by atoms with E-state index in [0.29, 0.717) is 37.9 Å². The van der Waals surface area contributed by atoms with Gasteiger partial charge in [-0.2, -0.15) is 9.29 Å². The summed E-state index contributed by atoms with van der Waals surface area (Å²) >= 11 is 0. The third-order valence-corrected chi connectivity index (χ3v) is 4.92. The van der Waals surface area contributed by atoms with Crippen LogP contribution in [0.25, 0.3) is 0 Å². The van der Waals surface area contributed by atoms with E-state index < -0.39 is 10.0 Å². The minimum absolute atomic E-state index is 0.0108. The highest BCUT2D eigenvalue weighted by Crippen LogP contribution is 2.22.